The number of anilines is 1. The van der Waals surface area contributed by atoms with Crippen LogP contribution < -0.4 is 10.1 Å². The maximum atomic E-state index is 5.91. The molecule has 1 aromatic heterocycles. The second kappa shape index (κ2) is 5.92. The molecular formula is C14H11Br2ClN2O. The van der Waals surface area contributed by atoms with Gasteiger partial charge in [-0.25, -0.2) is 4.98 Å². The average Bonchev–Trinajstić information content (AvgIpc) is 2.44. The molecule has 1 atom stereocenters. The predicted molar refractivity (Wildman–Crippen MR) is 87.6 cm³/mol. The summed E-state index contributed by atoms with van der Waals surface area (Å²) < 4.78 is 7.51. The number of rotatable bonds is 2. The Balaban J connectivity index is 1.89. The highest BCUT2D eigenvalue weighted by atomic mass is 79.9. The Morgan fingerprint density at radius 1 is 1.30 bits per heavy atom. The predicted octanol–water partition coefficient (Wildman–Crippen LogP) is 5.20. The zero-order valence-electron chi connectivity index (χ0n) is 10.4. The zero-order valence-corrected chi connectivity index (χ0v) is 14.3. The van der Waals surface area contributed by atoms with Crippen molar-refractivity contribution in [3.8, 4) is 5.75 Å². The van der Waals surface area contributed by atoms with E-state index in [0.29, 0.717) is 11.8 Å². The average molecular weight is 419 g/mol. The quantitative estimate of drug-likeness (QED) is 0.681. The van der Waals surface area contributed by atoms with Crippen molar-refractivity contribution in [3.63, 3.8) is 0 Å². The van der Waals surface area contributed by atoms with Gasteiger partial charge < -0.3 is 10.1 Å². The number of nitrogens with one attached hydrogen (secondary N) is 1. The maximum absolute atomic E-state index is 5.91. The Labute approximate surface area is 138 Å². The van der Waals surface area contributed by atoms with Gasteiger partial charge in [-0.3, -0.25) is 0 Å². The van der Waals surface area contributed by atoms with Crippen molar-refractivity contribution in [2.75, 3.05) is 11.9 Å². The number of pyridine rings is 1. The van der Waals surface area contributed by atoms with Gasteiger partial charge in [0.2, 0.25) is 0 Å². The smallest absolute Gasteiger partial charge is 0.143 e. The van der Waals surface area contributed by atoms with Crippen LogP contribution in [-0.4, -0.2) is 11.6 Å². The van der Waals surface area contributed by atoms with E-state index >= 15 is 0 Å². The lowest BCUT2D eigenvalue weighted by molar-refractivity contribution is 0.274. The molecule has 0 saturated heterocycles. The van der Waals surface area contributed by atoms with Crippen molar-refractivity contribution in [1.82, 2.24) is 4.98 Å². The molecule has 3 nitrogen and oxygen atoms in total. The monoisotopic (exact) mass is 416 g/mol. The third-order valence-corrected chi connectivity index (χ3v) is 4.78. The number of ether oxygens (including phenoxy) is 1. The summed E-state index contributed by atoms with van der Waals surface area (Å²) in [4.78, 5) is 4.13. The largest absolute Gasteiger partial charge is 0.493 e. The molecule has 2 heterocycles. The Kier molecular flexibility index (Phi) is 4.19. The summed E-state index contributed by atoms with van der Waals surface area (Å²) in [5.41, 5.74) is 2.08. The second-order valence-electron chi connectivity index (χ2n) is 4.51. The molecule has 0 spiro atoms. The summed E-state index contributed by atoms with van der Waals surface area (Å²) >= 11 is 12.8. The van der Waals surface area contributed by atoms with Crippen molar-refractivity contribution in [2.24, 2.45) is 0 Å². The van der Waals surface area contributed by atoms with Gasteiger partial charge in [0.1, 0.15) is 10.9 Å². The molecule has 0 amide bonds. The SMILES string of the molecule is Clc1ncc(NC2CCOc3ccc(Br)cc32)cc1Br. The molecule has 2 aromatic rings. The summed E-state index contributed by atoms with van der Waals surface area (Å²) in [7, 11) is 0. The van der Waals surface area contributed by atoms with E-state index < -0.39 is 0 Å². The zero-order chi connectivity index (χ0) is 14.1. The van der Waals surface area contributed by atoms with Gasteiger partial charge in [0.05, 0.1) is 29.0 Å². The number of fused-ring (bicyclic) bond motifs is 1. The highest BCUT2D eigenvalue weighted by Crippen LogP contribution is 2.36. The molecule has 1 unspecified atom stereocenters. The summed E-state index contributed by atoms with van der Waals surface area (Å²) in [6.45, 7) is 0.703. The highest BCUT2D eigenvalue weighted by Gasteiger charge is 2.21. The number of nitrogens with zero attached hydrogens (tertiary/aromatic N) is 1. The molecule has 6 heteroatoms. The van der Waals surface area contributed by atoms with E-state index in [9.17, 15) is 0 Å². The van der Waals surface area contributed by atoms with E-state index in [2.05, 4.69) is 48.2 Å². The topological polar surface area (TPSA) is 34.2 Å². The molecule has 0 bridgehead atoms. The van der Waals surface area contributed by atoms with E-state index in [1.165, 1.54) is 0 Å². The van der Waals surface area contributed by atoms with Crippen LogP contribution in [0.2, 0.25) is 5.15 Å². The minimum atomic E-state index is 0.200. The molecule has 0 saturated carbocycles. The normalized spacial score (nSPS) is 17.2. The number of halogens is 3. The molecule has 20 heavy (non-hydrogen) atoms. The summed E-state index contributed by atoms with van der Waals surface area (Å²) in [6, 6.07) is 8.20. The van der Waals surface area contributed by atoms with Crippen LogP contribution in [0, 0.1) is 0 Å². The first-order valence-corrected chi connectivity index (χ1v) is 8.10. The maximum Gasteiger partial charge on any atom is 0.143 e. The van der Waals surface area contributed by atoms with Crippen molar-refractivity contribution >= 4 is 49.1 Å². The van der Waals surface area contributed by atoms with Gasteiger partial charge in [-0.1, -0.05) is 27.5 Å². The van der Waals surface area contributed by atoms with E-state index in [4.69, 9.17) is 16.3 Å². The van der Waals surface area contributed by atoms with Crippen LogP contribution in [0.1, 0.15) is 18.0 Å². The van der Waals surface area contributed by atoms with Crippen LogP contribution in [0.15, 0.2) is 39.4 Å². The van der Waals surface area contributed by atoms with E-state index in [-0.39, 0.29) is 6.04 Å². The fraction of sp³-hybridized carbons (Fsp3) is 0.214. The van der Waals surface area contributed by atoms with E-state index in [0.717, 1.165) is 32.4 Å². The van der Waals surface area contributed by atoms with Crippen LogP contribution in [0.25, 0.3) is 0 Å². The van der Waals surface area contributed by atoms with Gasteiger partial charge in [0.25, 0.3) is 0 Å². The van der Waals surface area contributed by atoms with Crippen molar-refractivity contribution in [1.29, 1.82) is 0 Å². The van der Waals surface area contributed by atoms with Gasteiger partial charge in [-0.15, -0.1) is 0 Å². The van der Waals surface area contributed by atoms with Crippen LogP contribution in [0.3, 0.4) is 0 Å². The molecule has 1 aliphatic heterocycles. The number of hydrogen-bond donors (Lipinski definition) is 1. The lowest BCUT2D eigenvalue weighted by Crippen LogP contribution is -2.20. The molecule has 1 aromatic carbocycles. The molecule has 104 valence electrons. The van der Waals surface area contributed by atoms with Crippen molar-refractivity contribution < 1.29 is 4.74 Å². The first-order chi connectivity index (χ1) is 9.63. The first-order valence-electron chi connectivity index (χ1n) is 6.13. The van der Waals surface area contributed by atoms with Gasteiger partial charge in [0.15, 0.2) is 0 Å². The minimum absolute atomic E-state index is 0.200. The minimum Gasteiger partial charge on any atom is -0.493 e. The first kappa shape index (κ1) is 14.2. The Bertz CT molecular complexity index is 651. The van der Waals surface area contributed by atoms with Crippen LogP contribution in [0.4, 0.5) is 5.69 Å². The fourth-order valence-corrected chi connectivity index (χ4v) is 3.05. The van der Waals surface area contributed by atoms with Gasteiger partial charge in [0, 0.05) is 16.5 Å². The Morgan fingerprint density at radius 2 is 2.15 bits per heavy atom. The molecule has 0 radical (unpaired) electrons. The van der Waals surface area contributed by atoms with Gasteiger partial charge in [-0.05, 0) is 40.2 Å². The van der Waals surface area contributed by atoms with E-state index in [1.54, 1.807) is 6.20 Å². The van der Waals surface area contributed by atoms with Crippen LogP contribution in [-0.2, 0) is 0 Å². The Morgan fingerprint density at radius 3 is 2.95 bits per heavy atom. The van der Waals surface area contributed by atoms with Crippen LogP contribution >= 0.6 is 43.5 Å². The Hall–Kier alpha value is -0.780. The van der Waals surface area contributed by atoms with Crippen molar-refractivity contribution in [2.45, 2.75) is 12.5 Å². The summed E-state index contributed by atoms with van der Waals surface area (Å²) in [5, 5.41) is 3.94. The second-order valence-corrected chi connectivity index (χ2v) is 6.64. The lowest BCUT2D eigenvalue weighted by Gasteiger charge is -2.27. The van der Waals surface area contributed by atoms with Crippen molar-refractivity contribution in [3.05, 3.63) is 50.1 Å². The third-order valence-electron chi connectivity index (χ3n) is 3.15. The molecule has 0 fully saturated rings. The third kappa shape index (κ3) is 2.95. The lowest BCUT2D eigenvalue weighted by atomic mass is 10.0. The molecule has 1 N–H and O–H groups in total. The van der Waals surface area contributed by atoms with E-state index in [1.807, 2.05) is 18.2 Å². The molecule has 1 aliphatic rings. The highest BCUT2D eigenvalue weighted by molar-refractivity contribution is 9.10. The molecule has 0 aliphatic carbocycles. The van der Waals surface area contributed by atoms with Gasteiger partial charge in [-0.2, -0.15) is 0 Å². The summed E-state index contributed by atoms with van der Waals surface area (Å²) in [5.74, 6) is 0.929. The number of aromatic nitrogens is 1. The fourth-order valence-electron chi connectivity index (χ4n) is 2.22. The number of hydrogen-bond acceptors (Lipinski definition) is 3. The van der Waals surface area contributed by atoms with Crippen LogP contribution in [0.5, 0.6) is 5.75 Å². The standard InChI is InChI=1S/C14H11Br2ClN2O/c15-8-1-2-13-10(5-8)12(3-4-20-13)19-9-6-11(16)14(17)18-7-9/h1-2,5-7,12,19H,3-4H2. The summed E-state index contributed by atoms with van der Waals surface area (Å²) in [6.07, 6.45) is 2.64. The molecular weight excluding hydrogens is 407 g/mol. The number of benzene rings is 1. The molecule has 3 rings (SSSR count). The van der Waals surface area contributed by atoms with Gasteiger partial charge >= 0.3 is 0 Å².